The molecule has 96 valence electrons. The summed E-state index contributed by atoms with van der Waals surface area (Å²) in [5.74, 6) is -0.0598. The third kappa shape index (κ3) is 3.09. The van der Waals surface area contributed by atoms with E-state index in [-0.39, 0.29) is 11.3 Å². The Morgan fingerprint density at radius 3 is 2.42 bits per heavy atom. The van der Waals surface area contributed by atoms with Crippen LogP contribution < -0.4 is 4.74 Å². The van der Waals surface area contributed by atoms with E-state index in [1.54, 1.807) is 31.2 Å². The standard InChI is InChI=1S/C15H12FNO2/c1-10(18)12-3-5-13(6-4-12)19-15-7-2-11(9-17)8-14(15)16/h2-8,10,18H,1H3. The number of halogens is 1. The number of nitriles is 1. The number of hydrogen-bond acceptors (Lipinski definition) is 3. The fourth-order valence-electron chi connectivity index (χ4n) is 1.59. The van der Waals surface area contributed by atoms with Crippen molar-refractivity contribution in [2.24, 2.45) is 0 Å². The van der Waals surface area contributed by atoms with Gasteiger partial charge in [0.05, 0.1) is 17.7 Å². The van der Waals surface area contributed by atoms with Gasteiger partial charge in [-0.1, -0.05) is 12.1 Å². The number of aliphatic hydroxyl groups is 1. The van der Waals surface area contributed by atoms with E-state index < -0.39 is 11.9 Å². The molecule has 4 heteroatoms. The van der Waals surface area contributed by atoms with Crippen LogP contribution in [0.1, 0.15) is 24.2 Å². The van der Waals surface area contributed by atoms with Crippen LogP contribution in [0.5, 0.6) is 11.5 Å². The van der Waals surface area contributed by atoms with Crippen LogP contribution in [0.25, 0.3) is 0 Å². The third-order valence-electron chi connectivity index (χ3n) is 2.65. The molecular formula is C15H12FNO2. The molecule has 0 radical (unpaired) electrons. The lowest BCUT2D eigenvalue weighted by molar-refractivity contribution is 0.199. The van der Waals surface area contributed by atoms with Gasteiger partial charge in [-0.3, -0.25) is 0 Å². The molecule has 19 heavy (non-hydrogen) atoms. The number of benzene rings is 2. The van der Waals surface area contributed by atoms with Crippen molar-refractivity contribution in [2.75, 3.05) is 0 Å². The molecule has 0 saturated carbocycles. The molecule has 1 unspecified atom stereocenters. The molecule has 0 spiro atoms. The van der Waals surface area contributed by atoms with Gasteiger partial charge in [0.1, 0.15) is 5.75 Å². The first kappa shape index (κ1) is 13.1. The Morgan fingerprint density at radius 1 is 1.21 bits per heavy atom. The van der Waals surface area contributed by atoms with Gasteiger partial charge in [-0.2, -0.15) is 5.26 Å². The molecule has 0 bridgehead atoms. The number of nitrogens with zero attached hydrogens (tertiary/aromatic N) is 1. The SMILES string of the molecule is CC(O)c1ccc(Oc2ccc(C#N)cc2F)cc1. The number of ether oxygens (including phenoxy) is 1. The Kier molecular flexibility index (Phi) is 3.79. The smallest absolute Gasteiger partial charge is 0.167 e. The highest BCUT2D eigenvalue weighted by Crippen LogP contribution is 2.26. The summed E-state index contributed by atoms with van der Waals surface area (Å²) in [5, 5.41) is 18.0. The third-order valence-corrected chi connectivity index (χ3v) is 2.65. The van der Waals surface area contributed by atoms with Crippen molar-refractivity contribution in [1.29, 1.82) is 5.26 Å². The lowest BCUT2D eigenvalue weighted by atomic mass is 10.1. The number of rotatable bonds is 3. The average Bonchev–Trinajstić information content (AvgIpc) is 2.41. The maximum atomic E-state index is 13.6. The molecule has 0 amide bonds. The largest absolute Gasteiger partial charge is 0.454 e. The van der Waals surface area contributed by atoms with Gasteiger partial charge in [-0.15, -0.1) is 0 Å². The van der Waals surface area contributed by atoms with E-state index in [0.29, 0.717) is 5.75 Å². The minimum absolute atomic E-state index is 0.0591. The summed E-state index contributed by atoms with van der Waals surface area (Å²) in [6.07, 6.45) is -0.555. The average molecular weight is 257 g/mol. The Labute approximate surface area is 110 Å². The van der Waals surface area contributed by atoms with E-state index in [1.807, 2.05) is 6.07 Å². The molecule has 2 rings (SSSR count). The van der Waals surface area contributed by atoms with Gasteiger partial charge >= 0.3 is 0 Å². The molecule has 0 heterocycles. The number of hydrogen-bond donors (Lipinski definition) is 1. The molecule has 0 aliphatic carbocycles. The maximum absolute atomic E-state index is 13.6. The Hall–Kier alpha value is -2.38. The summed E-state index contributed by atoms with van der Waals surface area (Å²) in [5.41, 5.74) is 1.00. The summed E-state index contributed by atoms with van der Waals surface area (Å²) in [6, 6.07) is 12.6. The highest BCUT2D eigenvalue weighted by atomic mass is 19.1. The molecule has 1 atom stereocenters. The van der Waals surface area contributed by atoms with E-state index in [2.05, 4.69) is 0 Å². The molecular weight excluding hydrogens is 245 g/mol. The minimum atomic E-state index is -0.585. The van der Waals surface area contributed by atoms with Gasteiger partial charge in [0.2, 0.25) is 0 Å². The molecule has 2 aromatic carbocycles. The first-order valence-corrected chi connectivity index (χ1v) is 5.75. The summed E-state index contributed by atoms with van der Waals surface area (Å²) in [4.78, 5) is 0. The van der Waals surface area contributed by atoms with Crippen molar-refractivity contribution >= 4 is 0 Å². The molecule has 0 aliphatic rings. The van der Waals surface area contributed by atoms with Crippen LogP contribution in [0.15, 0.2) is 42.5 Å². The van der Waals surface area contributed by atoms with E-state index >= 15 is 0 Å². The Balaban J connectivity index is 2.19. The van der Waals surface area contributed by atoms with E-state index in [0.717, 1.165) is 11.6 Å². The molecule has 2 aromatic rings. The normalized spacial score (nSPS) is 11.7. The van der Waals surface area contributed by atoms with Crippen molar-refractivity contribution in [3.63, 3.8) is 0 Å². The fraction of sp³-hybridized carbons (Fsp3) is 0.133. The molecule has 0 aliphatic heterocycles. The number of aliphatic hydroxyl groups excluding tert-OH is 1. The second kappa shape index (κ2) is 5.51. The van der Waals surface area contributed by atoms with Crippen LogP contribution in [0.2, 0.25) is 0 Å². The predicted octanol–water partition coefficient (Wildman–Crippen LogP) is 3.54. The van der Waals surface area contributed by atoms with Crippen molar-refractivity contribution < 1.29 is 14.2 Å². The first-order chi connectivity index (χ1) is 9.10. The lowest BCUT2D eigenvalue weighted by Gasteiger charge is -2.09. The Morgan fingerprint density at radius 2 is 1.89 bits per heavy atom. The van der Waals surface area contributed by atoms with Crippen LogP contribution in [-0.4, -0.2) is 5.11 Å². The fourth-order valence-corrected chi connectivity index (χ4v) is 1.59. The summed E-state index contributed by atoms with van der Waals surface area (Å²) < 4.78 is 19.0. The summed E-state index contributed by atoms with van der Waals surface area (Å²) in [6.45, 7) is 1.66. The van der Waals surface area contributed by atoms with Crippen molar-refractivity contribution in [2.45, 2.75) is 13.0 Å². The lowest BCUT2D eigenvalue weighted by Crippen LogP contribution is -1.92. The highest BCUT2D eigenvalue weighted by molar-refractivity contribution is 5.39. The molecule has 0 saturated heterocycles. The van der Waals surface area contributed by atoms with Crippen LogP contribution in [0.3, 0.4) is 0 Å². The van der Waals surface area contributed by atoms with E-state index in [9.17, 15) is 9.50 Å². The van der Waals surface area contributed by atoms with Gasteiger partial charge in [-0.25, -0.2) is 4.39 Å². The van der Waals surface area contributed by atoms with E-state index in [1.165, 1.54) is 12.1 Å². The minimum Gasteiger partial charge on any atom is -0.454 e. The zero-order valence-corrected chi connectivity index (χ0v) is 10.3. The molecule has 1 N–H and O–H groups in total. The van der Waals surface area contributed by atoms with Crippen LogP contribution in [-0.2, 0) is 0 Å². The van der Waals surface area contributed by atoms with Crippen LogP contribution >= 0.6 is 0 Å². The Bertz CT molecular complexity index is 615. The van der Waals surface area contributed by atoms with Crippen molar-refractivity contribution in [3.05, 3.63) is 59.4 Å². The molecule has 0 fully saturated rings. The van der Waals surface area contributed by atoms with Crippen LogP contribution in [0.4, 0.5) is 4.39 Å². The zero-order chi connectivity index (χ0) is 13.8. The van der Waals surface area contributed by atoms with Crippen molar-refractivity contribution in [3.8, 4) is 17.6 Å². The predicted molar refractivity (Wildman–Crippen MR) is 68.3 cm³/mol. The molecule has 3 nitrogen and oxygen atoms in total. The molecule has 0 aromatic heterocycles. The summed E-state index contributed by atoms with van der Waals surface area (Å²) in [7, 11) is 0. The van der Waals surface area contributed by atoms with Gasteiger partial charge in [0.15, 0.2) is 11.6 Å². The van der Waals surface area contributed by atoms with Crippen LogP contribution in [0, 0.1) is 17.1 Å². The second-order valence-corrected chi connectivity index (χ2v) is 4.10. The summed E-state index contributed by atoms with van der Waals surface area (Å²) >= 11 is 0. The highest BCUT2D eigenvalue weighted by Gasteiger charge is 2.07. The van der Waals surface area contributed by atoms with Gasteiger partial charge in [-0.05, 0) is 42.8 Å². The monoisotopic (exact) mass is 257 g/mol. The van der Waals surface area contributed by atoms with Gasteiger partial charge < -0.3 is 9.84 Å². The zero-order valence-electron chi connectivity index (χ0n) is 10.3. The second-order valence-electron chi connectivity index (χ2n) is 4.10. The first-order valence-electron chi connectivity index (χ1n) is 5.75. The quantitative estimate of drug-likeness (QED) is 0.914. The van der Waals surface area contributed by atoms with Gasteiger partial charge in [0, 0.05) is 0 Å². The topological polar surface area (TPSA) is 53.2 Å². The van der Waals surface area contributed by atoms with Crippen molar-refractivity contribution in [1.82, 2.24) is 0 Å². The van der Waals surface area contributed by atoms with E-state index in [4.69, 9.17) is 10.00 Å². The van der Waals surface area contributed by atoms with Gasteiger partial charge in [0.25, 0.3) is 0 Å². The maximum Gasteiger partial charge on any atom is 0.167 e.